The minimum absolute atomic E-state index is 0.0920. The third kappa shape index (κ3) is 2.08. The highest BCUT2D eigenvalue weighted by Crippen LogP contribution is 2.12. The molecule has 2 aromatic rings. The summed E-state index contributed by atoms with van der Waals surface area (Å²) in [5, 5.41) is 3.70. The molecule has 2 rings (SSSR count). The highest BCUT2D eigenvalue weighted by atomic mass is 16.1. The second-order valence-electron chi connectivity index (χ2n) is 3.41. The fraction of sp³-hybridized carbons (Fsp3) is 0.0769. The summed E-state index contributed by atoms with van der Waals surface area (Å²) in [4.78, 5) is 15.9. The lowest BCUT2D eigenvalue weighted by molar-refractivity contribution is 0.0958. The van der Waals surface area contributed by atoms with Gasteiger partial charge in [-0.15, -0.1) is 6.58 Å². The van der Waals surface area contributed by atoms with Crippen LogP contribution in [-0.4, -0.2) is 17.4 Å². The minimum Gasteiger partial charge on any atom is -0.349 e. The van der Waals surface area contributed by atoms with E-state index in [4.69, 9.17) is 0 Å². The molecule has 16 heavy (non-hydrogen) atoms. The lowest BCUT2D eigenvalue weighted by Gasteiger charge is -2.03. The van der Waals surface area contributed by atoms with E-state index in [0.717, 1.165) is 10.9 Å². The Hall–Kier alpha value is -2.16. The number of hydrogen-bond donors (Lipinski definition) is 1. The Morgan fingerprint density at radius 3 is 3.12 bits per heavy atom. The third-order valence-electron chi connectivity index (χ3n) is 2.27. The second kappa shape index (κ2) is 4.57. The zero-order valence-electron chi connectivity index (χ0n) is 8.81. The minimum atomic E-state index is -0.0920. The number of benzene rings is 1. The molecule has 0 aliphatic rings. The smallest absolute Gasteiger partial charge is 0.251 e. The van der Waals surface area contributed by atoms with E-state index in [-0.39, 0.29) is 5.91 Å². The first-order valence-electron chi connectivity index (χ1n) is 5.05. The van der Waals surface area contributed by atoms with Crippen LogP contribution >= 0.6 is 0 Å². The largest absolute Gasteiger partial charge is 0.349 e. The lowest BCUT2D eigenvalue weighted by atomic mass is 10.1. The number of rotatable bonds is 3. The van der Waals surface area contributed by atoms with Gasteiger partial charge in [0, 0.05) is 23.7 Å². The molecule has 1 amide bonds. The Morgan fingerprint density at radius 2 is 2.31 bits per heavy atom. The number of pyridine rings is 1. The lowest BCUT2D eigenvalue weighted by Crippen LogP contribution is -2.23. The molecule has 0 saturated carbocycles. The van der Waals surface area contributed by atoms with Crippen molar-refractivity contribution in [2.75, 3.05) is 6.54 Å². The number of aromatic nitrogens is 1. The Balaban J connectivity index is 2.32. The Kier molecular flexibility index (Phi) is 2.96. The van der Waals surface area contributed by atoms with Crippen LogP contribution in [0.1, 0.15) is 10.4 Å². The van der Waals surface area contributed by atoms with Crippen LogP contribution in [0.2, 0.25) is 0 Å². The third-order valence-corrected chi connectivity index (χ3v) is 2.27. The molecule has 0 atom stereocenters. The van der Waals surface area contributed by atoms with Gasteiger partial charge in [0.15, 0.2) is 0 Å². The van der Waals surface area contributed by atoms with Crippen LogP contribution < -0.4 is 5.32 Å². The van der Waals surface area contributed by atoms with Gasteiger partial charge in [0.1, 0.15) is 0 Å². The van der Waals surface area contributed by atoms with Crippen molar-refractivity contribution in [3.63, 3.8) is 0 Å². The number of carbonyl (C=O) groups is 1. The summed E-state index contributed by atoms with van der Waals surface area (Å²) in [6, 6.07) is 9.24. The first-order valence-corrected chi connectivity index (χ1v) is 5.05. The van der Waals surface area contributed by atoms with Crippen molar-refractivity contribution in [2.45, 2.75) is 0 Å². The van der Waals surface area contributed by atoms with Crippen LogP contribution in [0.4, 0.5) is 0 Å². The molecular formula is C13H12N2O. The van der Waals surface area contributed by atoms with Crippen LogP contribution in [-0.2, 0) is 0 Å². The SMILES string of the molecule is C=CCNC(=O)c1ccc2ncccc2c1. The van der Waals surface area contributed by atoms with Crippen molar-refractivity contribution in [3.8, 4) is 0 Å². The highest BCUT2D eigenvalue weighted by molar-refractivity contribution is 5.97. The molecule has 80 valence electrons. The second-order valence-corrected chi connectivity index (χ2v) is 3.41. The molecule has 0 bridgehead atoms. The van der Waals surface area contributed by atoms with E-state index in [1.54, 1.807) is 18.3 Å². The zero-order valence-corrected chi connectivity index (χ0v) is 8.81. The van der Waals surface area contributed by atoms with E-state index < -0.39 is 0 Å². The Morgan fingerprint density at radius 1 is 1.44 bits per heavy atom. The van der Waals surface area contributed by atoms with Gasteiger partial charge in [-0.25, -0.2) is 0 Å². The average molecular weight is 212 g/mol. The first-order chi connectivity index (χ1) is 7.81. The van der Waals surface area contributed by atoms with Crippen molar-refractivity contribution < 1.29 is 4.79 Å². The van der Waals surface area contributed by atoms with Gasteiger partial charge in [-0.2, -0.15) is 0 Å². The monoisotopic (exact) mass is 212 g/mol. The van der Waals surface area contributed by atoms with Gasteiger partial charge in [0.25, 0.3) is 5.91 Å². The molecule has 0 radical (unpaired) electrons. The van der Waals surface area contributed by atoms with E-state index in [0.29, 0.717) is 12.1 Å². The molecular weight excluding hydrogens is 200 g/mol. The maximum absolute atomic E-state index is 11.7. The number of nitrogens with one attached hydrogen (secondary N) is 1. The van der Waals surface area contributed by atoms with E-state index in [1.807, 2.05) is 24.3 Å². The van der Waals surface area contributed by atoms with Crippen LogP contribution in [0.25, 0.3) is 10.9 Å². The standard InChI is InChI=1S/C13H12N2O/c1-2-7-15-13(16)11-5-6-12-10(9-11)4-3-8-14-12/h2-6,8-9H,1,7H2,(H,15,16). The maximum Gasteiger partial charge on any atom is 0.251 e. The van der Waals surface area contributed by atoms with Crippen molar-refractivity contribution in [1.29, 1.82) is 0 Å². The van der Waals surface area contributed by atoms with Gasteiger partial charge in [-0.3, -0.25) is 9.78 Å². The maximum atomic E-state index is 11.7. The number of carbonyl (C=O) groups excluding carboxylic acids is 1. The summed E-state index contributed by atoms with van der Waals surface area (Å²) in [7, 11) is 0. The van der Waals surface area contributed by atoms with E-state index in [2.05, 4.69) is 16.9 Å². The number of hydrogen-bond acceptors (Lipinski definition) is 2. The molecule has 0 saturated heterocycles. The summed E-state index contributed by atoms with van der Waals surface area (Å²) in [6.45, 7) is 4.03. The van der Waals surface area contributed by atoms with Gasteiger partial charge in [-0.1, -0.05) is 12.1 Å². The van der Waals surface area contributed by atoms with Gasteiger partial charge < -0.3 is 5.32 Å². The van der Waals surface area contributed by atoms with Gasteiger partial charge in [0.2, 0.25) is 0 Å². The molecule has 3 heteroatoms. The van der Waals surface area contributed by atoms with Crippen LogP contribution in [0, 0.1) is 0 Å². The highest BCUT2D eigenvalue weighted by Gasteiger charge is 2.04. The van der Waals surface area contributed by atoms with Gasteiger partial charge >= 0.3 is 0 Å². The van der Waals surface area contributed by atoms with Crippen molar-refractivity contribution in [2.24, 2.45) is 0 Å². The van der Waals surface area contributed by atoms with E-state index in [1.165, 1.54) is 0 Å². The topological polar surface area (TPSA) is 42.0 Å². The van der Waals surface area contributed by atoms with E-state index >= 15 is 0 Å². The van der Waals surface area contributed by atoms with Crippen LogP contribution in [0.3, 0.4) is 0 Å². The predicted octanol–water partition coefficient (Wildman–Crippen LogP) is 2.15. The fourth-order valence-electron chi connectivity index (χ4n) is 1.48. The van der Waals surface area contributed by atoms with Crippen molar-refractivity contribution >= 4 is 16.8 Å². The molecule has 3 nitrogen and oxygen atoms in total. The Bertz CT molecular complexity index is 534. The summed E-state index contributed by atoms with van der Waals surface area (Å²) in [6.07, 6.45) is 3.39. The van der Waals surface area contributed by atoms with Crippen LogP contribution in [0.15, 0.2) is 49.2 Å². The number of amides is 1. The summed E-state index contributed by atoms with van der Waals surface area (Å²) >= 11 is 0. The summed E-state index contributed by atoms with van der Waals surface area (Å²) < 4.78 is 0. The van der Waals surface area contributed by atoms with Crippen LogP contribution in [0.5, 0.6) is 0 Å². The van der Waals surface area contributed by atoms with Crippen molar-refractivity contribution in [3.05, 3.63) is 54.7 Å². The molecule has 0 unspecified atom stereocenters. The summed E-state index contributed by atoms with van der Waals surface area (Å²) in [5.41, 5.74) is 1.53. The number of nitrogens with zero attached hydrogens (tertiary/aromatic N) is 1. The van der Waals surface area contributed by atoms with E-state index in [9.17, 15) is 4.79 Å². The summed E-state index contributed by atoms with van der Waals surface area (Å²) in [5.74, 6) is -0.0920. The first kappa shape index (κ1) is 10.4. The van der Waals surface area contributed by atoms with Gasteiger partial charge in [-0.05, 0) is 24.3 Å². The molecule has 0 spiro atoms. The fourth-order valence-corrected chi connectivity index (χ4v) is 1.48. The normalized spacial score (nSPS) is 10.0. The molecule has 1 aromatic carbocycles. The molecule has 0 aliphatic carbocycles. The zero-order chi connectivity index (χ0) is 11.4. The molecule has 1 heterocycles. The van der Waals surface area contributed by atoms with Crippen molar-refractivity contribution in [1.82, 2.24) is 10.3 Å². The average Bonchev–Trinajstić information content (AvgIpc) is 2.35. The molecule has 0 aliphatic heterocycles. The molecule has 0 fully saturated rings. The molecule has 1 aromatic heterocycles. The number of fused-ring (bicyclic) bond motifs is 1. The Labute approximate surface area is 93.8 Å². The van der Waals surface area contributed by atoms with Gasteiger partial charge in [0.05, 0.1) is 5.52 Å². The predicted molar refractivity (Wildman–Crippen MR) is 64.3 cm³/mol. The molecule has 1 N–H and O–H groups in total. The quantitative estimate of drug-likeness (QED) is 0.792.